The summed E-state index contributed by atoms with van der Waals surface area (Å²) in [6.07, 6.45) is 5.82. The molecule has 1 unspecified atom stereocenters. The first-order valence-electron chi connectivity index (χ1n) is 8.65. The molecule has 0 saturated carbocycles. The first-order chi connectivity index (χ1) is 11.3. The monoisotopic (exact) mass is 311 g/mol. The van der Waals surface area contributed by atoms with Gasteiger partial charge in [0, 0.05) is 24.7 Å². The molecular formula is C19H25N3O. The molecule has 0 bridgehead atoms. The van der Waals surface area contributed by atoms with Crippen LogP contribution in [0.3, 0.4) is 0 Å². The third kappa shape index (κ3) is 2.99. The largest absolute Gasteiger partial charge is 0.376 e. The van der Waals surface area contributed by atoms with E-state index in [-0.39, 0.29) is 6.10 Å². The summed E-state index contributed by atoms with van der Waals surface area (Å²) in [5.74, 6) is 0. The predicted octanol–water partition coefficient (Wildman–Crippen LogP) is 2.56. The first-order valence-corrected chi connectivity index (χ1v) is 8.65. The fraction of sp³-hybridized carbons (Fsp3) is 0.526. The SMILES string of the molecule is NCC1CC2(CCN(Cc3ccnc4ccccc34)CC2)CO1. The number of ether oxygens (including phenoxy) is 1. The van der Waals surface area contributed by atoms with Crippen molar-refractivity contribution in [3.8, 4) is 0 Å². The van der Waals surface area contributed by atoms with E-state index in [0.29, 0.717) is 12.0 Å². The lowest BCUT2D eigenvalue weighted by atomic mass is 9.76. The van der Waals surface area contributed by atoms with Crippen LogP contribution in [0.5, 0.6) is 0 Å². The lowest BCUT2D eigenvalue weighted by Crippen LogP contribution is -2.40. The van der Waals surface area contributed by atoms with Crippen LogP contribution in [-0.4, -0.2) is 42.2 Å². The van der Waals surface area contributed by atoms with E-state index < -0.39 is 0 Å². The van der Waals surface area contributed by atoms with Crippen LogP contribution in [0.25, 0.3) is 10.9 Å². The zero-order valence-electron chi connectivity index (χ0n) is 13.6. The van der Waals surface area contributed by atoms with Gasteiger partial charge in [-0.1, -0.05) is 18.2 Å². The van der Waals surface area contributed by atoms with E-state index in [2.05, 4.69) is 40.2 Å². The van der Waals surface area contributed by atoms with Gasteiger partial charge in [0.1, 0.15) is 0 Å². The molecule has 2 N–H and O–H groups in total. The first kappa shape index (κ1) is 15.1. The third-order valence-corrected chi connectivity index (χ3v) is 5.60. The quantitative estimate of drug-likeness (QED) is 0.946. The molecular weight excluding hydrogens is 286 g/mol. The zero-order chi connectivity index (χ0) is 15.7. The second kappa shape index (κ2) is 6.19. The number of piperidine rings is 1. The molecule has 2 aliphatic rings. The van der Waals surface area contributed by atoms with Gasteiger partial charge in [-0.2, -0.15) is 0 Å². The number of fused-ring (bicyclic) bond motifs is 1. The smallest absolute Gasteiger partial charge is 0.0705 e. The van der Waals surface area contributed by atoms with Crippen LogP contribution in [0, 0.1) is 5.41 Å². The van der Waals surface area contributed by atoms with Crippen LogP contribution in [0.2, 0.25) is 0 Å². The standard InChI is InChI=1S/C19H25N3O/c20-12-16-11-19(14-23-16)6-9-22(10-7-19)13-15-5-8-21-18-4-2-1-3-17(15)18/h1-5,8,16H,6-7,9-14,20H2. The van der Waals surface area contributed by atoms with Gasteiger partial charge in [0.2, 0.25) is 0 Å². The van der Waals surface area contributed by atoms with Crippen molar-refractivity contribution in [3.63, 3.8) is 0 Å². The molecule has 2 saturated heterocycles. The zero-order valence-corrected chi connectivity index (χ0v) is 13.6. The maximum atomic E-state index is 5.85. The summed E-state index contributed by atoms with van der Waals surface area (Å²) in [5.41, 5.74) is 8.63. The van der Waals surface area contributed by atoms with Crippen molar-refractivity contribution in [1.82, 2.24) is 9.88 Å². The Bertz CT molecular complexity index is 674. The van der Waals surface area contributed by atoms with Crippen LogP contribution >= 0.6 is 0 Å². The number of hydrogen-bond acceptors (Lipinski definition) is 4. The molecule has 4 rings (SSSR count). The Balaban J connectivity index is 1.43. The number of nitrogens with zero attached hydrogens (tertiary/aromatic N) is 2. The minimum Gasteiger partial charge on any atom is -0.376 e. The average molecular weight is 311 g/mol. The van der Waals surface area contributed by atoms with E-state index >= 15 is 0 Å². The van der Waals surface area contributed by atoms with Crippen molar-refractivity contribution in [2.75, 3.05) is 26.2 Å². The minimum absolute atomic E-state index is 0.283. The Labute approximate surface area is 137 Å². The molecule has 122 valence electrons. The topological polar surface area (TPSA) is 51.4 Å². The highest BCUT2D eigenvalue weighted by Crippen LogP contribution is 2.42. The van der Waals surface area contributed by atoms with Crippen LogP contribution < -0.4 is 5.73 Å². The lowest BCUT2D eigenvalue weighted by Gasteiger charge is -2.38. The van der Waals surface area contributed by atoms with Crippen LogP contribution in [0.15, 0.2) is 36.5 Å². The number of aromatic nitrogens is 1. The highest BCUT2D eigenvalue weighted by molar-refractivity contribution is 5.81. The molecule has 23 heavy (non-hydrogen) atoms. The van der Waals surface area contributed by atoms with Gasteiger partial charge in [0.25, 0.3) is 0 Å². The van der Waals surface area contributed by atoms with Crippen molar-refractivity contribution in [1.29, 1.82) is 0 Å². The van der Waals surface area contributed by atoms with Gasteiger partial charge in [0.15, 0.2) is 0 Å². The van der Waals surface area contributed by atoms with E-state index in [9.17, 15) is 0 Å². The molecule has 2 fully saturated rings. The second-order valence-corrected chi connectivity index (χ2v) is 7.14. The Morgan fingerprint density at radius 1 is 1.22 bits per heavy atom. The summed E-state index contributed by atoms with van der Waals surface area (Å²) in [4.78, 5) is 7.04. The number of hydrogen-bond donors (Lipinski definition) is 1. The summed E-state index contributed by atoms with van der Waals surface area (Å²) >= 11 is 0. The van der Waals surface area contributed by atoms with Gasteiger partial charge in [-0.3, -0.25) is 9.88 Å². The normalized spacial score (nSPS) is 24.5. The molecule has 2 aromatic rings. The molecule has 0 radical (unpaired) electrons. The van der Waals surface area contributed by atoms with Crippen molar-refractivity contribution in [2.24, 2.45) is 11.1 Å². The summed E-state index contributed by atoms with van der Waals surface area (Å²) in [6.45, 7) is 4.88. The molecule has 4 nitrogen and oxygen atoms in total. The van der Waals surface area contributed by atoms with E-state index in [4.69, 9.17) is 10.5 Å². The summed E-state index contributed by atoms with van der Waals surface area (Å²) in [5, 5.41) is 1.28. The minimum atomic E-state index is 0.283. The summed E-state index contributed by atoms with van der Waals surface area (Å²) in [7, 11) is 0. The van der Waals surface area contributed by atoms with Gasteiger partial charge < -0.3 is 10.5 Å². The van der Waals surface area contributed by atoms with Crippen LogP contribution in [0.1, 0.15) is 24.8 Å². The molecule has 2 aliphatic heterocycles. The van der Waals surface area contributed by atoms with Crippen molar-refractivity contribution < 1.29 is 4.74 Å². The number of para-hydroxylation sites is 1. The maximum absolute atomic E-state index is 5.85. The molecule has 1 atom stereocenters. The number of likely N-dealkylation sites (tertiary alicyclic amines) is 1. The predicted molar refractivity (Wildman–Crippen MR) is 92.1 cm³/mol. The van der Waals surface area contributed by atoms with Gasteiger partial charge >= 0.3 is 0 Å². The van der Waals surface area contributed by atoms with Crippen LogP contribution in [0.4, 0.5) is 0 Å². The lowest BCUT2D eigenvalue weighted by molar-refractivity contribution is 0.0650. The Morgan fingerprint density at radius 3 is 2.83 bits per heavy atom. The summed E-state index contributed by atoms with van der Waals surface area (Å²) in [6, 6.07) is 10.6. The van der Waals surface area contributed by atoms with E-state index in [1.54, 1.807) is 0 Å². The number of pyridine rings is 1. The number of nitrogens with two attached hydrogens (primary N) is 1. The van der Waals surface area contributed by atoms with Crippen molar-refractivity contribution >= 4 is 10.9 Å². The Morgan fingerprint density at radius 2 is 2.04 bits per heavy atom. The van der Waals surface area contributed by atoms with Crippen molar-refractivity contribution in [2.45, 2.75) is 31.9 Å². The van der Waals surface area contributed by atoms with Gasteiger partial charge in [-0.15, -0.1) is 0 Å². The third-order valence-electron chi connectivity index (χ3n) is 5.60. The molecule has 3 heterocycles. The average Bonchev–Trinajstić information content (AvgIpc) is 3.01. The van der Waals surface area contributed by atoms with E-state index in [0.717, 1.165) is 38.2 Å². The molecule has 1 spiro atoms. The highest BCUT2D eigenvalue weighted by atomic mass is 16.5. The highest BCUT2D eigenvalue weighted by Gasteiger charge is 2.41. The Kier molecular flexibility index (Phi) is 4.05. The molecule has 4 heteroatoms. The number of benzene rings is 1. The van der Waals surface area contributed by atoms with Crippen LogP contribution in [-0.2, 0) is 11.3 Å². The van der Waals surface area contributed by atoms with Gasteiger partial charge in [-0.25, -0.2) is 0 Å². The molecule has 0 amide bonds. The Hall–Kier alpha value is -1.49. The van der Waals surface area contributed by atoms with E-state index in [1.165, 1.54) is 23.8 Å². The molecule has 0 aliphatic carbocycles. The summed E-state index contributed by atoms with van der Waals surface area (Å²) < 4.78 is 5.85. The second-order valence-electron chi connectivity index (χ2n) is 7.14. The fourth-order valence-corrected chi connectivity index (χ4v) is 4.11. The maximum Gasteiger partial charge on any atom is 0.0705 e. The van der Waals surface area contributed by atoms with Gasteiger partial charge in [-0.05, 0) is 55.5 Å². The van der Waals surface area contributed by atoms with E-state index in [1.807, 2.05) is 6.20 Å². The molecule has 1 aromatic carbocycles. The number of rotatable bonds is 3. The molecule has 1 aromatic heterocycles. The van der Waals surface area contributed by atoms with Gasteiger partial charge in [0.05, 0.1) is 18.2 Å². The fourth-order valence-electron chi connectivity index (χ4n) is 4.11. The van der Waals surface area contributed by atoms with Crippen molar-refractivity contribution in [3.05, 3.63) is 42.1 Å².